The van der Waals surface area contributed by atoms with Crippen molar-refractivity contribution in [3.63, 3.8) is 0 Å². The maximum Gasteiger partial charge on any atom is 0.152 e. The highest BCUT2D eigenvalue weighted by atomic mass is 15.3. The molecule has 1 aromatic carbocycles. The molecule has 5 heteroatoms. The van der Waals surface area contributed by atoms with E-state index >= 15 is 0 Å². The molecule has 3 rings (SSSR count). The van der Waals surface area contributed by atoms with Gasteiger partial charge in [0.1, 0.15) is 6.33 Å². The summed E-state index contributed by atoms with van der Waals surface area (Å²) in [4.78, 5) is 0. The van der Waals surface area contributed by atoms with E-state index in [0.717, 1.165) is 11.4 Å². The lowest BCUT2D eigenvalue weighted by Crippen LogP contribution is -2.07. The standard InChI is InChI=1S/C13H15N5/c1-17-9-15-16-12(17)8-18-6-5-10-3-2-4-11(7-14)13(10)18/h2-6,9H,7-8,14H2,1H3. The highest BCUT2D eigenvalue weighted by molar-refractivity contribution is 5.83. The maximum atomic E-state index is 5.80. The summed E-state index contributed by atoms with van der Waals surface area (Å²) >= 11 is 0. The van der Waals surface area contributed by atoms with Crippen LogP contribution in [0.3, 0.4) is 0 Å². The summed E-state index contributed by atoms with van der Waals surface area (Å²) in [6.45, 7) is 1.25. The monoisotopic (exact) mass is 241 g/mol. The molecule has 0 saturated heterocycles. The molecule has 0 bridgehead atoms. The third-order valence-electron chi connectivity index (χ3n) is 3.21. The van der Waals surface area contributed by atoms with Crippen LogP contribution >= 0.6 is 0 Å². The normalized spacial score (nSPS) is 11.2. The van der Waals surface area contributed by atoms with Gasteiger partial charge in [0.15, 0.2) is 5.82 Å². The second-order valence-electron chi connectivity index (χ2n) is 4.36. The first-order valence-corrected chi connectivity index (χ1v) is 5.89. The summed E-state index contributed by atoms with van der Waals surface area (Å²) in [5.41, 5.74) is 8.14. The fourth-order valence-electron chi connectivity index (χ4n) is 2.24. The molecular weight excluding hydrogens is 226 g/mol. The number of hydrogen-bond donors (Lipinski definition) is 1. The number of hydrogen-bond acceptors (Lipinski definition) is 3. The topological polar surface area (TPSA) is 61.7 Å². The molecule has 2 heterocycles. The Balaban J connectivity index is 2.10. The highest BCUT2D eigenvalue weighted by Crippen LogP contribution is 2.20. The molecule has 0 aliphatic heterocycles. The first kappa shape index (κ1) is 11.0. The van der Waals surface area contributed by atoms with E-state index in [1.807, 2.05) is 17.7 Å². The van der Waals surface area contributed by atoms with E-state index in [0.29, 0.717) is 13.1 Å². The number of aryl methyl sites for hydroxylation is 1. The molecule has 5 nitrogen and oxygen atoms in total. The van der Waals surface area contributed by atoms with Gasteiger partial charge in [0, 0.05) is 19.8 Å². The third-order valence-corrected chi connectivity index (χ3v) is 3.21. The molecule has 2 aromatic heterocycles. The summed E-state index contributed by atoms with van der Waals surface area (Å²) in [6, 6.07) is 8.30. The Hall–Kier alpha value is -2.14. The van der Waals surface area contributed by atoms with Gasteiger partial charge in [0.25, 0.3) is 0 Å². The molecule has 92 valence electrons. The number of nitrogens with two attached hydrogens (primary N) is 1. The molecule has 0 aliphatic rings. The van der Waals surface area contributed by atoms with Crippen LogP contribution in [0.4, 0.5) is 0 Å². The van der Waals surface area contributed by atoms with Crippen molar-refractivity contribution >= 4 is 10.9 Å². The van der Waals surface area contributed by atoms with Crippen LogP contribution in [0.15, 0.2) is 36.8 Å². The van der Waals surface area contributed by atoms with Gasteiger partial charge < -0.3 is 14.9 Å². The third kappa shape index (κ3) is 1.69. The van der Waals surface area contributed by atoms with E-state index in [1.54, 1.807) is 6.33 Å². The van der Waals surface area contributed by atoms with Crippen molar-refractivity contribution < 1.29 is 0 Å². The summed E-state index contributed by atoms with van der Waals surface area (Å²) in [5.74, 6) is 0.930. The molecule has 0 radical (unpaired) electrons. The van der Waals surface area contributed by atoms with E-state index in [9.17, 15) is 0 Å². The minimum Gasteiger partial charge on any atom is -0.340 e. The lowest BCUT2D eigenvalue weighted by atomic mass is 10.1. The minimum absolute atomic E-state index is 0.542. The Labute approximate surface area is 105 Å². The second kappa shape index (κ2) is 4.27. The number of rotatable bonds is 3. The van der Waals surface area contributed by atoms with Gasteiger partial charge in [-0.1, -0.05) is 18.2 Å². The van der Waals surface area contributed by atoms with Gasteiger partial charge in [-0.05, 0) is 17.0 Å². The van der Waals surface area contributed by atoms with Crippen LogP contribution < -0.4 is 5.73 Å². The number of nitrogens with zero attached hydrogens (tertiary/aromatic N) is 4. The van der Waals surface area contributed by atoms with Crippen LogP contribution in [-0.2, 0) is 20.1 Å². The van der Waals surface area contributed by atoms with Crippen molar-refractivity contribution in [2.24, 2.45) is 12.8 Å². The van der Waals surface area contributed by atoms with Crippen LogP contribution in [0.5, 0.6) is 0 Å². The maximum absolute atomic E-state index is 5.80. The number of para-hydroxylation sites is 1. The number of fused-ring (bicyclic) bond motifs is 1. The molecule has 0 amide bonds. The molecule has 0 aliphatic carbocycles. The van der Waals surface area contributed by atoms with Gasteiger partial charge >= 0.3 is 0 Å². The minimum atomic E-state index is 0.542. The Kier molecular flexibility index (Phi) is 2.60. The summed E-state index contributed by atoms with van der Waals surface area (Å²) in [6.07, 6.45) is 3.78. The highest BCUT2D eigenvalue weighted by Gasteiger charge is 2.08. The van der Waals surface area contributed by atoms with Crippen molar-refractivity contribution in [1.29, 1.82) is 0 Å². The first-order valence-electron chi connectivity index (χ1n) is 5.89. The summed E-state index contributed by atoms with van der Waals surface area (Å²) in [7, 11) is 1.95. The lowest BCUT2D eigenvalue weighted by Gasteiger charge is -2.08. The van der Waals surface area contributed by atoms with E-state index in [4.69, 9.17) is 5.73 Å². The predicted octanol–water partition coefficient (Wildman–Crippen LogP) is 1.28. The van der Waals surface area contributed by atoms with Crippen molar-refractivity contribution in [3.8, 4) is 0 Å². The van der Waals surface area contributed by atoms with Crippen molar-refractivity contribution in [1.82, 2.24) is 19.3 Å². The molecule has 0 saturated carbocycles. The molecule has 3 aromatic rings. The van der Waals surface area contributed by atoms with Crippen LogP contribution in [0, 0.1) is 0 Å². The largest absolute Gasteiger partial charge is 0.340 e. The molecule has 0 fully saturated rings. The van der Waals surface area contributed by atoms with E-state index in [-0.39, 0.29) is 0 Å². The van der Waals surface area contributed by atoms with Crippen LogP contribution in [0.25, 0.3) is 10.9 Å². The predicted molar refractivity (Wildman–Crippen MR) is 69.9 cm³/mol. The zero-order valence-electron chi connectivity index (χ0n) is 10.2. The Morgan fingerprint density at radius 1 is 1.28 bits per heavy atom. The van der Waals surface area contributed by atoms with Gasteiger partial charge in [-0.25, -0.2) is 0 Å². The van der Waals surface area contributed by atoms with Crippen LogP contribution in [0.2, 0.25) is 0 Å². The van der Waals surface area contributed by atoms with E-state index in [2.05, 4.69) is 39.2 Å². The second-order valence-corrected chi connectivity index (χ2v) is 4.36. The van der Waals surface area contributed by atoms with Crippen molar-refractivity contribution in [2.75, 3.05) is 0 Å². The van der Waals surface area contributed by atoms with E-state index < -0.39 is 0 Å². The zero-order valence-corrected chi connectivity index (χ0v) is 10.2. The van der Waals surface area contributed by atoms with Crippen molar-refractivity contribution in [2.45, 2.75) is 13.1 Å². The quantitative estimate of drug-likeness (QED) is 0.751. The van der Waals surface area contributed by atoms with E-state index in [1.165, 1.54) is 10.9 Å². The Morgan fingerprint density at radius 2 is 2.17 bits per heavy atom. The van der Waals surface area contributed by atoms with Crippen molar-refractivity contribution in [3.05, 3.63) is 48.2 Å². The van der Waals surface area contributed by atoms with Crippen LogP contribution in [0.1, 0.15) is 11.4 Å². The smallest absolute Gasteiger partial charge is 0.152 e. The van der Waals surface area contributed by atoms with Gasteiger partial charge in [0.2, 0.25) is 0 Å². The van der Waals surface area contributed by atoms with Gasteiger partial charge in [0.05, 0.1) is 12.1 Å². The fourth-order valence-corrected chi connectivity index (χ4v) is 2.24. The van der Waals surface area contributed by atoms with Crippen LogP contribution in [-0.4, -0.2) is 19.3 Å². The Morgan fingerprint density at radius 3 is 2.89 bits per heavy atom. The molecule has 0 spiro atoms. The fraction of sp³-hybridized carbons (Fsp3) is 0.231. The first-order chi connectivity index (χ1) is 8.79. The summed E-state index contributed by atoms with van der Waals surface area (Å²) < 4.78 is 4.10. The number of benzene rings is 1. The summed E-state index contributed by atoms with van der Waals surface area (Å²) in [5, 5.41) is 9.22. The van der Waals surface area contributed by atoms with Gasteiger partial charge in [-0.15, -0.1) is 10.2 Å². The molecular formula is C13H15N5. The molecule has 0 atom stereocenters. The average Bonchev–Trinajstić information content (AvgIpc) is 2.97. The van der Waals surface area contributed by atoms with Gasteiger partial charge in [-0.3, -0.25) is 0 Å². The molecule has 2 N–H and O–H groups in total. The lowest BCUT2D eigenvalue weighted by molar-refractivity contribution is 0.714. The SMILES string of the molecule is Cn1cnnc1Cn1ccc2cccc(CN)c21. The zero-order chi connectivity index (χ0) is 12.5. The Bertz CT molecular complexity index is 680. The average molecular weight is 241 g/mol. The van der Waals surface area contributed by atoms with Gasteiger partial charge in [-0.2, -0.15) is 0 Å². The molecule has 18 heavy (non-hydrogen) atoms. The molecule has 0 unspecified atom stereocenters. The number of aromatic nitrogens is 4.